The second-order valence-electron chi connectivity index (χ2n) is 4.51. The zero-order valence-electron chi connectivity index (χ0n) is 11.9. The van der Waals surface area contributed by atoms with Gasteiger partial charge in [-0.25, -0.2) is 0 Å². The predicted molar refractivity (Wildman–Crippen MR) is 75.5 cm³/mol. The van der Waals surface area contributed by atoms with Gasteiger partial charge in [0.2, 0.25) is 5.91 Å². The number of carboxylic acids is 1. The third kappa shape index (κ3) is 6.56. The van der Waals surface area contributed by atoms with Gasteiger partial charge in [0, 0.05) is 0 Å². The lowest BCUT2D eigenvalue weighted by Crippen LogP contribution is -2.36. The molecule has 1 atom stereocenters. The fraction of sp³-hybridized carbons (Fsp3) is 0.400. The fourth-order valence-electron chi connectivity index (χ4n) is 1.88. The summed E-state index contributed by atoms with van der Waals surface area (Å²) < 4.78 is 4.85. The summed E-state index contributed by atoms with van der Waals surface area (Å²) in [5.74, 6) is -2.71. The molecule has 0 aliphatic rings. The molecule has 0 aliphatic carbocycles. The first-order chi connectivity index (χ1) is 10.0. The first-order valence-corrected chi connectivity index (χ1v) is 6.72. The molecule has 0 aliphatic heterocycles. The maximum atomic E-state index is 12.0. The molecule has 0 fully saturated rings. The molecule has 114 valence electrons. The van der Waals surface area contributed by atoms with E-state index in [1.807, 2.05) is 30.3 Å². The van der Waals surface area contributed by atoms with E-state index >= 15 is 0 Å². The molecule has 1 aromatic carbocycles. The van der Waals surface area contributed by atoms with Crippen LogP contribution in [0.2, 0.25) is 0 Å². The summed E-state index contributed by atoms with van der Waals surface area (Å²) in [7, 11) is 0. The Morgan fingerprint density at radius 3 is 2.48 bits per heavy atom. The molecule has 0 saturated carbocycles. The molecule has 1 unspecified atom stereocenters. The van der Waals surface area contributed by atoms with Crippen LogP contribution >= 0.6 is 0 Å². The minimum atomic E-state index is -1.13. The largest absolute Gasteiger partial charge is 0.480 e. The number of carbonyl (C=O) groups excluding carboxylic acids is 2. The molecule has 0 aromatic heterocycles. The Kier molecular flexibility index (Phi) is 6.94. The normalized spacial score (nSPS) is 11.5. The van der Waals surface area contributed by atoms with Gasteiger partial charge in [-0.1, -0.05) is 30.3 Å². The standard InChI is InChI=1S/C15H19NO5/c1-2-21-14(19)9-12(15(20)16-10-13(17)18)8-11-6-4-3-5-7-11/h3-7,12H,2,8-10H2,1H3,(H,16,20)(H,17,18). The SMILES string of the molecule is CCOC(=O)CC(Cc1ccccc1)C(=O)NCC(=O)O. The number of amides is 1. The summed E-state index contributed by atoms with van der Waals surface area (Å²) in [6.45, 7) is 1.47. The van der Waals surface area contributed by atoms with Crippen molar-refractivity contribution in [3.8, 4) is 0 Å². The zero-order valence-corrected chi connectivity index (χ0v) is 11.9. The van der Waals surface area contributed by atoms with Gasteiger partial charge < -0.3 is 15.2 Å². The summed E-state index contributed by atoms with van der Waals surface area (Å²) in [6, 6.07) is 9.23. The number of aliphatic carboxylic acids is 1. The second kappa shape index (κ2) is 8.73. The van der Waals surface area contributed by atoms with Crippen molar-refractivity contribution in [1.82, 2.24) is 5.32 Å². The number of carboxylic acid groups (broad SMARTS) is 1. The van der Waals surface area contributed by atoms with Gasteiger partial charge in [0.15, 0.2) is 0 Å². The van der Waals surface area contributed by atoms with Crippen LogP contribution in [-0.4, -0.2) is 36.1 Å². The van der Waals surface area contributed by atoms with Crippen LogP contribution in [0.25, 0.3) is 0 Å². The minimum Gasteiger partial charge on any atom is -0.480 e. The van der Waals surface area contributed by atoms with Crippen LogP contribution in [0.1, 0.15) is 18.9 Å². The number of nitrogens with one attached hydrogen (secondary N) is 1. The quantitative estimate of drug-likeness (QED) is 0.697. The highest BCUT2D eigenvalue weighted by Gasteiger charge is 2.23. The molecule has 0 spiro atoms. The lowest BCUT2D eigenvalue weighted by Gasteiger charge is -2.15. The van der Waals surface area contributed by atoms with Gasteiger partial charge in [-0.05, 0) is 18.9 Å². The highest BCUT2D eigenvalue weighted by Crippen LogP contribution is 2.13. The molecule has 1 rings (SSSR count). The predicted octanol–water partition coefficient (Wildman–Crippen LogP) is 0.999. The highest BCUT2D eigenvalue weighted by molar-refractivity contribution is 5.86. The van der Waals surface area contributed by atoms with Crippen molar-refractivity contribution in [3.05, 3.63) is 35.9 Å². The first-order valence-electron chi connectivity index (χ1n) is 6.72. The van der Waals surface area contributed by atoms with Gasteiger partial charge in [-0.15, -0.1) is 0 Å². The third-order valence-corrected chi connectivity index (χ3v) is 2.83. The number of ether oxygens (including phenoxy) is 1. The van der Waals surface area contributed by atoms with E-state index in [2.05, 4.69) is 5.32 Å². The molecule has 6 nitrogen and oxygen atoms in total. The Balaban J connectivity index is 2.71. The Hall–Kier alpha value is -2.37. The van der Waals surface area contributed by atoms with Crippen molar-refractivity contribution in [1.29, 1.82) is 0 Å². The topological polar surface area (TPSA) is 92.7 Å². The summed E-state index contributed by atoms with van der Waals surface area (Å²) in [5.41, 5.74) is 0.900. The van der Waals surface area contributed by atoms with E-state index in [1.165, 1.54) is 0 Å². The van der Waals surface area contributed by atoms with Crippen LogP contribution in [0.3, 0.4) is 0 Å². The lowest BCUT2D eigenvalue weighted by molar-refractivity contribution is -0.146. The average Bonchev–Trinajstić information content (AvgIpc) is 2.45. The first kappa shape index (κ1) is 16.7. The van der Waals surface area contributed by atoms with E-state index in [9.17, 15) is 14.4 Å². The van der Waals surface area contributed by atoms with Crippen LogP contribution in [0, 0.1) is 5.92 Å². The molecular formula is C15H19NO5. The smallest absolute Gasteiger partial charge is 0.322 e. The van der Waals surface area contributed by atoms with E-state index in [1.54, 1.807) is 6.92 Å². The molecule has 21 heavy (non-hydrogen) atoms. The Morgan fingerprint density at radius 2 is 1.90 bits per heavy atom. The molecule has 0 radical (unpaired) electrons. The Bertz CT molecular complexity index is 486. The highest BCUT2D eigenvalue weighted by atomic mass is 16.5. The van der Waals surface area contributed by atoms with Gasteiger partial charge in [0.25, 0.3) is 0 Å². The number of esters is 1. The van der Waals surface area contributed by atoms with Crippen molar-refractivity contribution in [2.24, 2.45) is 5.92 Å². The maximum Gasteiger partial charge on any atom is 0.322 e. The van der Waals surface area contributed by atoms with Gasteiger partial charge >= 0.3 is 11.9 Å². The average molecular weight is 293 g/mol. The third-order valence-electron chi connectivity index (χ3n) is 2.83. The van der Waals surface area contributed by atoms with E-state index in [0.29, 0.717) is 6.42 Å². The summed E-state index contributed by atoms with van der Waals surface area (Å²) in [5, 5.41) is 10.9. The number of hydrogen-bond acceptors (Lipinski definition) is 4. The lowest BCUT2D eigenvalue weighted by atomic mass is 9.95. The molecular weight excluding hydrogens is 274 g/mol. The summed E-state index contributed by atoms with van der Waals surface area (Å²) >= 11 is 0. The number of benzene rings is 1. The number of rotatable bonds is 8. The molecule has 1 aromatic rings. The van der Waals surface area contributed by atoms with Gasteiger partial charge in [0.1, 0.15) is 6.54 Å². The Labute approximate surface area is 123 Å². The van der Waals surface area contributed by atoms with Gasteiger partial charge in [-0.3, -0.25) is 14.4 Å². The van der Waals surface area contributed by atoms with Crippen molar-refractivity contribution >= 4 is 17.8 Å². The van der Waals surface area contributed by atoms with Crippen molar-refractivity contribution < 1.29 is 24.2 Å². The number of carbonyl (C=O) groups is 3. The van der Waals surface area contributed by atoms with Crippen molar-refractivity contribution in [3.63, 3.8) is 0 Å². The second-order valence-corrected chi connectivity index (χ2v) is 4.51. The maximum absolute atomic E-state index is 12.0. The van der Waals surface area contributed by atoms with Crippen molar-refractivity contribution in [2.45, 2.75) is 19.8 Å². The van der Waals surface area contributed by atoms with Crippen LogP contribution in [0.5, 0.6) is 0 Å². The van der Waals surface area contributed by atoms with E-state index in [4.69, 9.17) is 9.84 Å². The van der Waals surface area contributed by atoms with Crippen molar-refractivity contribution in [2.75, 3.05) is 13.2 Å². The molecule has 6 heteroatoms. The monoisotopic (exact) mass is 293 g/mol. The molecule has 2 N–H and O–H groups in total. The molecule has 0 saturated heterocycles. The summed E-state index contributed by atoms with van der Waals surface area (Å²) in [6.07, 6.45) is 0.277. The summed E-state index contributed by atoms with van der Waals surface area (Å²) in [4.78, 5) is 34.1. The molecule has 1 amide bonds. The van der Waals surface area contributed by atoms with E-state index in [0.717, 1.165) is 5.56 Å². The van der Waals surface area contributed by atoms with E-state index in [-0.39, 0.29) is 13.0 Å². The Morgan fingerprint density at radius 1 is 1.24 bits per heavy atom. The van der Waals surface area contributed by atoms with Crippen LogP contribution in [0.15, 0.2) is 30.3 Å². The fourth-order valence-corrected chi connectivity index (χ4v) is 1.88. The van der Waals surface area contributed by atoms with Gasteiger partial charge in [0.05, 0.1) is 18.9 Å². The minimum absolute atomic E-state index is 0.0752. The van der Waals surface area contributed by atoms with Crippen LogP contribution < -0.4 is 5.32 Å². The number of hydrogen-bond donors (Lipinski definition) is 2. The van der Waals surface area contributed by atoms with Crippen LogP contribution in [-0.2, 0) is 25.5 Å². The van der Waals surface area contributed by atoms with E-state index < -0.39 is 30.3 Å². The molecule has 0 heterocycles. The zero-order chi connectivity index (χ0) is 15.7. The molecule has 0 bridgehead atoms. The van der Waals surface area contributed by atoms with Gasteiger partial charge in [-0.2, -0.15) is 0 Å². The van der Waals surface area contributed by atoms with Crippen LogP contribution in [0.4, 0.5) is 0 Å².